The molecule has 0 amide bonds. The summed E-state index contributed by atoms with van der Waals surface area (Å²) in [5.74, 6) is 0.290. The van der Waals surface area contributed by atoms with E-state index in [2.05, 4.69) is 5.32 Å². The molecular formula is C14H18ClF3N2O2S. The van der Waals surface area contributed by atoms with Crippen molar-refractivity contribution < 1.29 is 21.6 Å². The highest BCUT2D eigenvalue weighted by atomic mass is 35.5. The number of benzene rings is 1. The van der Waals surface area contributed by atoms with Gasteiger partial charge in [0.05, 0.1) is 10.5 Å². The van der Waals surface area contributed by atoms with E-state index >= 15 is 0 Å². The standard InChI is InChI=1S/C14H17F3N2O2S.ClH/c15-14(16,17)11-1-3-12(4-2-11)22(20,21)19-8-6-13-10(9-19)5-7-18-13;/h1-4,10,13,18H,5-9H2;1H. The molecule has 1 N–H and O–H groups in total. The summed E-state index contributed by atoms with van der Waals surface area (Å²) in [5.41, 5.74) is -0.842. The summed E-state index contributed by atoms with van der Waals surface area (Å²) in [4.78, 5) is -0.0788. The quantitative estimate of drug-likeness (QED) is 0.870. The molecule has 0 aromatic heterocycles. The van der Waals surface area contributed by atoms with E-state index in [9.17, 15) is 21.6 Å². The number of sulfonamides is 1. The van der Waals surface area contributed by atoms with Crippen molar-refractivity contribution in [1.29, 1.82) is 0 Å². The van der Waals surface area contributed by atoms with Crippen molar-refractivity contribution in [3.05, 3.63) is 29.8 Å². The predicted octanol–water partition coefficient (Wildman–Crippen LogP) is 2.50. The number of piperidine rings is 1. The molecule has 2 unspecified atom stereocenters. The number of rotatable bonds is 2. The lowest BCUT2D eigenvalue weighted by atomic mass is 9.95. The third-order valence-electron chi connectivity index (χ3n) is 4.44. The average Bonchev–Trinajstić information content (AvgIpc) is 2.94. The van der Waals surface area contributed by atoms with Crippen LogP contribution >= 0.6 is 12.4 Å². The van der Waals surface area contributed by atoms with Gasteiger partial charge in [0.25, 0.3) is 0 Å². The van der Waals surface area contributed by atoms with Crippen LogP contribution in [0.1, 0.15) is 18.4 Å². The summed E-state index contributed by atoms with van der Waals surface area (Å²) in [5, 5.41) is 3.35. The Morgan fingerprint density at radius 2 is 1.78 bits per heavy atom. The van der Waals surface area contributed by atoms with Gasteiger partial charge >= 0.3 is 6.18 Å². The molecule has 0 bridgehead atoms. The molecule has 4 nitrogen and oxygen atoms in total. The predicted molar refractivity (Wildman–Crippen MR) is 82.0 cm³/mol. The number of hydrogen-bond donors (Lipinski definition) is 1. The average molecular weight is 371 g/mol. The summed E-state index contributed by atoms with van der Waals surface area (Å²) in [7, 11) is -3.72. The molecule has 130 valence electrons. The second kappa shape index (κ2) is 6.58. The number of halogens is 4. The van der Waals surface area contributed by atoms with Crippen LogP contribution in [0.15, 0.2) is 29.2 Å². The van der Waals surface area contributed by atoms with Gasteiger partial charge in [-0.1, -0.05) is 0 Å². The SMILES string of the molecule is Cl.O=S(=O)(c1ccc(C(F)(F)F)cc1)N1CCC2NCCC2C1. The van der Waals surface area contributed by atoms with Crippen LogP contribution in [-0.4, -0.2) is 38.4 Å². The molecule has 23 heavy (non-hydrogen) atoms. The van der Waals surface area contributed by atoms with Crippen LogP contribution in [0.4, 0.5) is 13.2 Å². The molecule has 9 heteroatoms. The molecule has 2 heterocycles. The van der Waals surface area contributed by atoms with E-state index in [0.29, 0.717) is 19.1 Å². The van der Waals surface area contributed by atoms with Crippen molar-refractivity contribution in [3.63, 3.8) is 0 Å². The lowest BCUT2D eigenvalue weighted by Gasteiger charge is -2.34. The van der Waals surface area contributed by atoms with Crippen molar-refractivity contribution in [1.82, 2.24) is 9.62 Å². The smallest absolute Gasteiger partial charge is 0.314 e. The van der Waals surface area contributed by atoms with E-state index < -0.39 is 21.8 Å². The molecule has 0 saturated carbocycles. The van der Waals surface area contributed by atoms with E-state index in [4.69, 9.17) is 0 Å². The fourth-order valence-electron chi connectivity index (χ4n) is 3.20. The Balaban J connectivity index is 0.00000192. The Morgan fingerprint density at radius 1 is 1.13 bits per heavy atom. The molecule has 2 aliphatic heterocycles. The minimum Gasteiger partial charge on any atom is -0.314 e. The first-order chi connectivity index (χ1) is 10.3. The van der Waals surface area contributed by atoms with Crippen LogP contribution in [-0.2, 0) is 16.2 Å². The van der Waals surface area contributed by atoms with Crippen LogP contribution in [0.3, 0.4) is 0 Å². The largest absolute Gasteiger partial charge is 0.416 e. The van der Waals surface area contributed by atoms with E-state index in [-0.39, 0.29) is 23.2 Å². The van der Waals surface area contributed by atoms with Gasteiger partial charge in [0.1, 0.15) is 0 Å². The maximum absolute atomic E-state index is 12.6. The van der Waals surface area contributed by atoms with Crippen LogP contribution in [0.2, 0.25) is 0 Å². The Hall–Kier alpha value is -0.830. The zero-order valence-electron chi connectivity index (χ0n) is 12.2. The van der Waals surface area contributed by atoms with Crippen molar-refractivity contribution in [3.8, 4) is 0 Å². The normalized spacial score (nSPS) is 25.7. The van der Waals surface area contributed by atoms with Crippen LogP contribution in [0.5, 0.6) is 0 Å². The minimum absolute atomic E-state index is 0. The lowest BCUT2D eigenvalue weighted by Crippen LogP contribution is -2.46. The molecule has 2 fully saturated rings. The monoisotopic (exact) mass is 370 g/mol. The Morgan fingerprint density at radius 3 is 2.39 bits per heavy atom. The Kier molecular flexibility index (Phi) is 5.30. The van der Waals surface area contributed by atoms with Crippen LogP contribution in [0.25, 0.3) is 0 Å². The van der Waals surface area contributed by atoms with Crippen LogP contribution in [0, 0.1) is 5.92 Å². The van der Waals surface area contributed by atoms with E-state index in [1.54, 1.807) is 0 Å². The topological polar surface area (TPSA) is 49.4 Å². The first-order valence-corrected chi connectivity index (χ1v) is 8.63. The fraction of sp³-hybridized carbons (Fsp3) is 0.571. The highest BCUT2D eigenvalue weighted by molar-refractivity contribution is 7.89. The van der Waals surface area contributed by atoms with Gasteiger partial charge in [-0.05, 0) is 49.6 Å². The minimum atomic E-state index is -4.46. The molecule has 2 aliphatic rings. The summed E-state index contributed by atoms with van der Waals surface area (Å²) in [6, 6.07) is 4.07. The highest BCUT2D eigenvalue weighted by Gasteiger charge is 2.38. The van der Waals surface area contributed by atoms with Crippen molar-refractivity contribution in [2.24, 2.45) is 5.92 Å². The Labute approximate surface area is 139 Å². The summed E-state index contributed by atoms with van der Waals surface area (Å²) in [6.07, 6.45) is -2.79. The number of fused-ring (bicyclic) bond motifs is 1. The molecule has 0 radical (unpaired) electrons. The molecule has 2 saturated heterocycles. The fourth-order valence-corrected chi connectivity index (χ4v) is 4.71. The van der Waals surface area contributed by atoms with Gasteiger partial charge in [-0.25, -0.2) is 8.42 Å². The maximum Gasteiger partial charge on any atom is 0.416 e. The summed E-state index contributed by atoms with van der Waals surface area (Å²) in [6.45, 7) is 1.72. The van der Waals surface area contributed by atoms with Gasteiger partial charge in [0, 0.05) is 19.1 Å². The van der Waals surface area contributed by atoms with E-state index in [1.807, 2.05) is 0 Å². The number of alkyl halides is 3. The third-order valence-corrected chi connectivity index (χ3v) is 6.32. The van der Waals surface area contributed by atoms with Crippen LogP contribution < -0.4 is 5.32 Å². The number of nitrogens with zero attached hydrogens (tertiary/aromatic N) is 1. The van der Waals surface area contributed by atoms with Gasteiger partial charge in [-0.15, -0.1) is 12.4 Å². The lowest BCUT2D eigenvalue weighted by molar-refractivity contribution is -0.137. The first kappa shape index (κ1) is 18.5. The number of nitrogens with one attached hydrogen (secondary N) is 1. The molecule has 1 aromatic rings. The summed E-state index contributed by atoms with van der Waals surface area (Å²) >= 11 is 0. The zero-order valence-corrected chi connectivity index (χ0v) is 13.8. The maximum atomic E-state index is 12.6. The molecule has 2 atom stereocenters. The van der Waals surface area contributed by atoms with E-state index in [1.165, 1.54) is 4.31 Å². The van der Waals surface area contributed by atoms with Gasteiger partial charge in [0.15, 0.2) is 0 Å². The third kappa shape index (κ3) is 3.65. The second-order valence-corrected chi connectivity index (χ2v) is 7.72. The molecule has 0 spiro atoms. The van der Waals surface area contributed by atoms with Crippen molar-refractivity contribution >= 4 is 22.4 Å². The zero-order chi connectivity index (χ0) is 16.0. The first-order valence-electron chi connectivity index (χ1n) is 7.19. The van der Waals surface area contributed by atoms with Crippen molar-refractivity contribution in [2.75, 3.05) is 19.6 Å². The van der Waals surface area contributed by atoms with Gasteiger partial charge in [-0.3, -0.25) is 0 Å². The summed E-state index contributed by atoms with van der Waals surface area (Å²) < 4.78 is 64.2. The Bertz CT molecular complexity index is 649. The molecule has 1 aromatic carbocycles. The van der Waals surface area contributed by atoms with Gasteiger partial charge in [0.2, 0.25) is 10.0 Å². The molecule has 3 rings (SSSR count). The molecule has 0 aliphatic carbocycles. The number of hydrogen-bond acceptors (Lipinski definition) is 3. The van der Waals surface area contributed by atoms with E-state index in [0.717, 1.165) is 43.7 Å². The van der Waals surface area contributed by atoms with Gasteiger partial charge < -0.3 is 5.32 Å². The highest BCUT2D eigenvalue weighted by Crippen LogP contribution is 2.32. The molecular weight excluding hydrogens is 353 g/mol. The second-order valence-electron chi connectivity index (χ2n) is 5.78. The van der Waals surface area contributed by atoms with Crippen molar-refractivity contribution in [2.45, 2.75) is 30.0 Å². The van der Waals surface area contributed by atoms with Gasteiger partial charge in [-0.2, -0.15) is 17.5 Å².